The van der Waals surface area contributed by atoms with Gasteiger partial charge in [0.05, 0.1) is 22.8 Å². The molecule has 0 radical (unpaired) electrons. The van der Waals surface area contributed by atoms with Crippen LogP contribution in [0, 0.1) is 0 Å². The minimum absolute atomic E-state index is 0.136. The van der Waals surface area contributed by atoms with Crippen molar-refractivity contribution in [3.05, 3.63) is 18.0 Å². The molecule has 21 heavy (non-hydrogen) atoms. The SMILES string of the molecule is CC(C)(C)OC(=O)NC12CC(n3cc(C(=O)O)cn3)(C1)C2. The summed E-state index contributed by atoms with van der Waals surface area (Å²) in [7, 11) is 0. The third-order valence-corrected chi connectivity index (χ3v) is 4.08. The van der Waals surface area contributed by atoms with Crippen LogP contribution in [0.15, 0.2) is 12.4 Å². The van der Waals surface area contributed by atoms with Gasteiger partial charge in [0.15, 0.2) is 0 Å². The van der Waals surface area contributed by atoms with Crippen molar-refractivity contribution in [3.63, 3.8) is 0 Å². The molecule has 7 nitrogen and oxygen atoms in total. The van der Waals surface area contributed by atoms with Gasteiger partial charge in [0.1, 0.15) is 5.60 Å². The zero-order valence-corrected chi connectivity index (χ0v) is 12.3. The molecule has 1 aromatic rings. The Morgan fingerprint density at radius 1 is 1.38 bits per heavy atom. The molecule has 1 amide bonds. The number of amides is 1. The van der Waals surface area contributed by atoms with Gasteiger partial charge in [0, 0.05) is 6.20 Å². The second-order valence-corrected chi connectivity index (χ2v) is 7.14. The molecule has 0 aromatic carbocycles. The quantitative estimate of drug-likeness (QED) is 0.885. The number of nitrogens with one attached hydrogen (secondary N) is 1. The fourth-order valence-corrected chi connectivity index (χ4v) is 3.32. The molecule has 0 saturated heterocycles. The number of aromatic nitrogens is 2. The van der Waals surface area contributed by atoms with E-state index < -0.39 is 17.7 Å². The number of alkyl carbamates (subject to hydrolysis) is 1. The Balaban J connectivity index is 1.59. The summed E-state index contributed by atoms with van der Waals surface area (Å²) >= 11 is 0. The number of carboxylic acid groups (broad SMARTS) is 1. The molecule has 114 valence electrons. The van der Waals surface area contributed by atoms with Crippen molar-refractivity contribution >= 4 is 12.1 Å². The Bertz CT molecular complexity index is 594. The number of carbonyl (C=O) groups is 2. The van der Waals surface area contributed by atoms with Crippen LogP contribution in [0.5, 0.6) is 0 Å². The monoisotopic (exact) mass is 293 g/mol. The van der Waals surface area contributed by atoms with Gasteiger partial charge in [-0.25, -0.2) is 9.59 Å². The fraction of sp³-hybridized carbons (Fsp3) is 0.643. The van der Waals surface area contributed by atoms with E-state index in [1.54, 1.807) is 10.9 Å². The van der Waals surface area contributed by atoms with E-state index in [0.717, 1.165) is 19.3 Å². The highest BCUT2D eigenvalue weighted by Crippen LogP contribution is 2.65. The highest BCUT2D eigenvalue weighted by molar-refractivity contribution is 5.86. The number of aromatic carboxylic acids is 1. The topological polar surface area (TPSA) is 93.5 Å². The summed E-state index contributed by atoms with van der Waals surface area (Å²) in [6, 6.07) is 0. The van der Waals surface area contributed by atoms with E-state index in [-0.39, 0.29) is 16.6 Å². The minimum Gasteiger partial charge on any atom is -0.478 e. The summed E-state index contributed by atoms with van der Waals surface area (Å²) in [5.41, 5.74) is -0.668. The number of hydrogen-bond donors (Lipinski definition) is 2. The van der Waals surface area contributed by atoms with Crippen LogP contribution in [0.25, 0.3) is 0 Å². The zero-order chi connectivity index (χ0) is 15.5. The van der Waals surface area contributed by atoms with Gasteiger partial charge in [-0.3, -0.25) is 4.68 Å². The van der Waals surface area contributed by atoms with Crippen LogP contribution in [-0.2, 0) is 10.3 Å². The van der Waals surface area contributed by atoms with E-state index in [4.69, 9.17) is 9.84 Å². The number of rotatable bonds is 3. The molecule has 2 bridgehead atoms. The number of carboxylic acids is 1. The molecule has 3 fully saturated rings. The second kappa shape index (κ2) is 3.99. The summed E-state index contributed by atoms with van der Waals surface area (Å²) in [4.78, 5) is 22.7. The summed E-state index contributed by atoms with van der Waals surface area (Å²) < 4.78 is 6.98. The van der Waals surface area contributed by atoms with E-state index in [2.05, 4.69) is 10.4 Å². The maximum Gasteiger partial charge on any atom is 0.408 e. The molecule has 1 aromatic heterocycles. The van der Waals surface area contributed by atoms with Crippen LogP contribution >= 0.6 is 0 Å². The van der Waals surface area contributed by atoms with Gasteiger partial charge in [0.2, 0.25) is 0 Å². The Labute approximate surface area is 122 Å². The molecule has 7 heteroatoms. The molecule has 1 heterocycles. The third kappa shape index (κ3) is 2.26. The first kappa shape index (κ1) is 13.9. The van der Waals surface area contributed by atoms with Crippen LogP contribution in [-0.4, -0.2) is 38.1 Å². The molecule has 3 aliphatic carbocycles. The molecule has 3 saturated carbocycles. The normalized spacial score (nSPS) is 30.0. The van der Waals surface area contributed by atoms with E-state index in [9.17, 15) is 9.59 Å². The number of hydrogen-bond acceptors (Lipinski definition) is 4. The van der Waals surface area contributed by atoms with Crippen LogP contribution < -0.4 is 5.32 Å². The van der Waals surface area contributed by atoms with Crippen LogP contribution in [0.1, 0.15) is 50.4 Å². The molecule has 3 aliphatic rings. The first-order valence-electron chi connectivity index (χ1n) is 6.93. The summed E-state index contributed by atoms with van der Waals surface area (Å²) in [5, 5.41) is 16.0. The van der Waals surface area contributed by atoms with Gasteiger partial charge in [0.25, 0.3) is 0 Å². The zero-order valence-electron chi connectivity index (χ0n) is 12.3. The largest absolute Gasteiger partial charge is 0.478 e. The van der Waals surface area contributed by atoms with Gasteiger partial charge in [-0.05, 0) is 40.0 Å². The first-order valence-corrected chi connectivity index (χ1v) is 6.93. The van der Waals surface area contributed by atoms with Crippen LogP contribution in [0.3, 0.4) is 0 Å². The molecular formula is C14H19N3O4. The van der Waals surface area contributed by atoms with Gasteiger partial charge < -0.3 is 15.2 Å². The highest BCUT2D eigenvalue weighted by atomic mass is 16.6. The third-order valence-electron chi connectivity index (χ3n) is 4.08. The van der Waals surface area contributed by atoms with E-state index in [1.807, 2.05) is 20.8 Å². The molecule has 0 unspecified atom stereocenters. The molecular weight excluding hydrogens is 274 g/mol. The van der Waals surface area contributed by atoms with Crippen molar-refractivity contribution < 1.29 is 19.4 Å². The molecule has 4 rings (SSSR count). The van der Waals surface area contributed by atoms with Gasteiger partial charge in [-0.15, -0.1) is 0 Å². The first-order chi connectivity index (χ1) is 9.63. The maximum atomic E-state index is 11.8. The van der Waals surface area contributed by atoms with Gasteiger partial charge >= 0.3 is 12.1 Å². The molecule has 0 aliphatic heterocycles. The smallest absolute Gasteiger partial charge is 0.408 e. The standard InChI is InChI=1S/C14H19N3O4/c1-12(2,3)21-11(20)16-13-6-14(7-13,8-13)17-5-9(4-15-17)10(18)19/h4-5H,6-8H2,1-3H3,(H,16,20)(H,18,19). The summed E-state index contributed by atoms with van der Waals surface area (Å²) in [6.07, 6.45) is 4.80. The van der Waals surface area contributed by atoms with Crippen molar-refractivity contribution in [2.24, 2.45) is 0 Å². The number of nitrogens with zero attached hydrogens (tertiary/aromatic N) is 2. The average molecular weight is 293 g/mol. The Morgan fingerprint density at radius 2 is 2.00 bits per heavy atom. The predicted molar refractivity (Wildman–Crippen MR) is 73.1 cm³/mol. The Kier molecular flexibility index (Phi) is 2.64. The lowest BCUT2D eigenvalue weighted by Gasteiger charge is -2.69. The Hall–Kier alpha value is -2.05. The van der Waals surface area contributed by atoms with Gasteiger partial charge in [-0.1, -0.05) is 0 Å². The van der Waals surface area contributed by atoms with Crippen molar-refractivity contribution in [3.8, 4) is 0 Å². The lowest BCUT2D eigenvalue weighted by atomic mass is 9.44. The second-order valence-electron chi connectivity index (χ2n) is 7.14. The average Bonchev–Trinajstić information content (AvgIpc) is 2.67. The Morgan fingerprint density at radius 3 is 2.48 bits per heavy atom. The lowest BCUT2D eigenvalue weighted by molar-refractivity contribution is -0.143. The van der Waals surface area contributed by atoms with Crippen molar-refractivity contribution in [1.29, 1.82) is 0 Å². The number of ether oxygens (including phenoxy) is 1. The van der Waals surface area contributed by atoms with Crippen LogP contribution in [0.4, 0.5) is 4.79 Å². The van der Waals surface area contributed by atoms with E-state index in [1.165, 1.54) is 6.20 Å². The van der Waals surface area contributed by atoms with Crippen molar-refractivity contribution in [2.45, 2.75) is 56.7 Å². The summed E-state index contributed by atoms with van der Waals surface area (Å²) in [6.45, 7) is 5.48. The van der Waals surface area contributed by atoms with Crippen molar-refractivity contribution in [2.75, 3.05) is 0 Å². The fourth-order valence-electron chi connectivity index (χ4n) is 3.32. The number of carbonyl (C=O) groups excluding carboxylic acids is 1. The minimum atomic E-state index is -0.977. The summed E-state index contributed by atoms with van der Waals surface area (Å²) in [5.74, 6) is -0.977. The van der Waals surface area contributed by atoms with E-state index in [0.29, 0.717) is 0 Å². The van der Waals surface area contributed by atoms with Crippen molar-refractivity contribution in [1.82, 2.24) is 15.1 Å². The molecule has 0 atom stereocenters. The predicted octanol–water partition coefficient (Wildman–Crippen LogP) is 1.74. The van der Waals surface area contributed by atoms with Crippen LogP contribution in [0.2, 0.25) is 0 Å². The van der Waals surface area contributed by atoms with E-state index >= 15 is 0 Å². The van der Waals surface area contributed by atoms with Gasteiger partial charge in [-0.2, -0.15) is 5.10 Å². The molecule has 0 spiro atoms. The maximum absolute atomic E-state index is 11.8. The highest BCUT2D eigenvalue weighted by Gasteiger charge is 2.70. The lowest BCUT2D eigenvalue weighted by Crippen LogP contribution is -2.79. The molecule has 2 N–H and O–H groups in total.